The molecule has 4 nitrogen and oxygen atoms in total. The van der Waals surface area contributed by atoms with Crippen LogP contribution in [0.15, 0.2) is 30.6 Å². The van der Waals surface area contributed by atoms with Crippen LogP contribution in [0.3, 0.4) is 0 Å². The first-order valence-corrected chi connectivity index (χ1v) is 5.82. The molecule has 1 N–H and O–H groups in total. The lowest BCUT2D eigenvalue weighted by molar-refractivity contribution is -0.137. The van der Waals surface area contributed by atoms with Gasteiger partial charge in [0, 0.05) is 13.2 Å². The number of nitrogens with one attached hydrogen (secondary N) is 1. The van der Waals surface area contributed by atoms with Gasteiger partial charge >= 0.3 is 6.18 Å². The summed E-state index contributed by atoms with van der Waals surface area (Å²) in [5.74, 6) is -0.584. The van der Waals surface area contributed by atoms with E-state index in [1.807, 2.05) is 0 Å². The largest absolute Gasteiger partial charge is 0.416 e. The summed E-state index contributed by atoms with van der Waals surface area (Å²) >= 11 is 5.78. The van der Waals surface area contributed by atoms with E-state index < -0.39 is 17.6 Å². The van der Waals surface area contributed by atoms with Gasteiger partial charge in [0.1, 0.15) is 0 Å². The molecule has 0 saturated heterocycles. The normalized spacial score (nSPS) is 11.4. The highest BCUT2D eigenvalue weighted by atomic mass is 35.5. The van der Waals surface area contributed by atoms with E-state index in [4.69, 9.17) is 11.6 Å². The van der Waals surface area contributed by atoms with Crippen LogP contribution in [-0.4, -0.2) is 15.7 Å². The van der Waals surface area contributed by atoms with Crippen LogP contribution in [0.2, 0.25) is 5.02 Å². The van der Waals surface area contributed by atoms with Gasteiger partial charge in [0.15, 0.2) is 0 Å². The molecule has 1 amide bonds. The summed E-state index contributed by atoms with van der Waals surface area (Å²) < 4.78 is 39.2. The maximum atomic E-state index is 12.6. The number of aryl methyl sites for hydroxylation is 1. The minimum Gasteiger partial charge on any atom is -0.321 e. The number of nitrogens with zero attached hydrogens (tertiary/aromatic N) is 2. The molecular weight excluding hydrogens is 295 g/mol. The molecule has 8 heteroatoms. The minimum atomic E-state index is -4.50. The van der Waals surface area contributed by atoms with E-state index in [9.17, 15) is 18.0 Å². The number of carbonyl (C=O) groups is 1. The Kier molecular flexibility index (Phi) is 3.71. The second-order valence-corrected chi connectivity index (χ2v) is 4.46. The summed E-state index contributed by atoms with van der Waals surface area (Å²) in [6.07, 6.45) is -1.76. The van der Waals surface area contributed by atoms with Gasteiger partial charge in [0.25, 0.3) is 5.91 Å². The van der Waals surface area contributed by atoms with Crippen molar-refractivity contribution >= 4 is 23.2 Å². The number of halogens is 4. The number of aromatic nitrogens is 2. The number of rotatable bonds is 2. The molecule has 0 saturated carbocycles. The fraction of sp³-hybridized carbons (Fsp3) is 0.167. The third-order valence-corrected chi connectivity index (χ3v) is 2.84. The van der Waals surface area contributed by atoms with Crippen LogP contribution in [0, 0.1) is 0 Å². The maximum Gasteiger partial charge on any atom is 0.416 e. The second-order valence-electron chi connectivity index (χ2n) is 4.05. The number of alkyl halides is 3. The molecule has 2 rings (SSSR count). The Morgan fingerprint density at radius 3 is 2.65 bits per heavy atom. The zero-order valence-electron chi connectivity index (χ0n) is 10.2. The summed E-state index contributed by atoms with van der Waals surface area (Å²) in [5.41, 5.74) is -0.764. The zero-order valence-corrected chi connectivity index (χ0v) is 11.0. The van der Waals surface area contributed by atoms with Crippen LogP contribution < -0.4 is 5.32 Å². The van der Waals surface area contributed by atoms with E-state index in [1.165, 1.54) is 17.1 Å². The van der Waals surface area contributed by atoms with Crippen molar-refractivity contribution < 1.29 is 18.0 Å². The van der Waals surface area contributed by atoms with E-state index in [0.29, 0.717) is 0 Å². The van der Waals surface area contributed by atoms with E-state index in [-0.39, 0.29) is 16.3 Å². The van der Waals surface area contributed by atoms with Crippen LogP contribution in [0.25, 0.3) is 0 Å². The summed E-state index contributed by atoms with van der Waals surface area (Å²) in [6.45, 7) is 0. The third-order valence-electron chi connectivity index (χ3n) is 2.51. The molecule has 0 spiro atoms. The SMILES string of the molecule is Cn1cc(C(=O)Nc2cc(C(F)(F)F)ccc2Cl)cn1. The van der Waals surface area contributed by atoms with E-state index >= 15 is 0 Å². The summed E-state index contributed by atoms with van der Waals surface area (Å²) in [7, 11) is 1.62. The van der Waals surface area contributed by atoms with Crippen molar-refractivity contribution in [3.05, 3.63) is 46.7 Å². The average molecular weight is 304 g/mol. The highest BCUT2D eigenvalue weighted by Gasteiger charge is 2.31. The van der Waals surface area contributed by atoms with Crippen molar-refractivity contribution in [2.45, 2.75) is 6.18 Å². The number of carbonyl (C=O) groups excluding carboxylic acids is 1. The molecular formula is C12H9ClF3N3O. The molecule has 0 bridgehead atoms. The Balaban J connectivity index is 2.27. The van der Waals surface area contributed by atoms with Crippen LogP contribution in [-0.2, 0) is 13.2 Å². The predicted molar refractivity (Wildman–Crippen MR) is 67.6 cm³/mol. The van der Waals surface area contributed by atoms with Crippen molar-refractivity contribution in [2.75, 3.05) is 5.32 Å². The van der Waals surface area contributed by atoms with Crippen molar-refractivity contribution in [3.63, 3.8) is 0 Å². The Morgan fingerprint density at radius 1 is 1.40 bits per heavy atom. The molecule has 1 aromatic heterocycles. The highest BCUT2D eigenvalue weighted by molar-refractivity contribution is 6.34. The Hall–Kier alpha value is -2.02. The van der Waals surface area contributed by atoms with Gasteiger partial charge in [-0.2, -0.15) is 18.3 Å². The first-order chi connectivity index (χ1) is 9.27. The summed E-state index contributed by atoms with van der Waals surface area (Å²) in [4.78, 5) is 11.8. The first kappa shape index (κ1) is 14.4. The van der Waals surface area contributed by atoms with Crippen LogP contribution in [0.4, 0.5) is 18.9 Å². The Morgan fingerprint density at radius 2 is 2.10 bits per heavy atom. The number of hydrogen-bond donors (Lipinski definition) is 1. The first-order valence-electron chi connectivity index (χ1n) is 5.44. The lowest BCUT2D eigenvalue weighted by Gasteiger charge is -2.11. The number of anilines is 1. The van der Waals surface area contributed by atoms with Gasteiger partial charge in [-0.05, 0) is 18.2 Å². The van der Waals surface area contributed by atoms with Gasteiger partial charge in [0.05, 0.1) is 28.0 Å². The summed E-state index contributed by atoms with van der Waals surface area (Å²) in [5, 5.41) is 6.15. The zero-order chi connectivity index (χ0) is 14.9. The molecule has 0 aliphatic carbocycles. The van der Waals surface area contributed by atoms with E-state index in [2.05, 4.69) is 10.4 Å². The molecule has 0 aliphatic rings. The molecule has 1 heterocycles. The second kappa shape index (κ2) is 5.16. The Bertz CT molecular complexity index is 652. The quantitative estimate of drug-likeness (QED) is 0.925. The van der Waals surface area contributed by atoms with Gasteiger partial charge in [-0.25, -0.2) is 0 Å². The molecule has 0 aliphatic heterocycles. The van der Waals surface area contributed by atoms with Gasteiger partial charge < -0.3 is 5.32 Å². The molecule has 2 aromatic rings. The van der Waals surface area contributed by atoms with Gasteiger partial charge in [-0.3, -0.25) is 9.48 Å². The van der Waals surface area contributed by atoms with Crippen LogP contribution in [0.1, 0.15) is 15.9 Å². The third kappa shape index (κ3) is 3.11. The van der Waals surface area contributed by atoms with E-state index in [1.54, 1.807) is 7.05 Å². The molecule has 0 radical (unpaired) electrons. The lowest BCUT2D eigenvalue weighted by Crippen LogP contribution is -2.13. The fourth-order valence-corrected chi connectivity index (χ4v) is 1.70. The van der Waals surface area contributed by atoms with Crippen molar-refractivity contribution in [3.8, 4) is 0 Å². The van der Waals surface area contributed by atoms with Crippen LogP contribution in [0.5, 0.6) is 0 Å². The van der Waals surface area contributed by atoms with Gasteiger partial charge in [-0.15, -0.1) is 0 Å². The topological polar surface area (TPSA) is 46.9 Å². The summed E-state index contributed by atoms with van der Waals surface area (Å²) in [6, 6.07) is 2.72. The molecule has 1 aromatic carbocycles. The number of benzene rings is 1. The van der Waals surface area contributed by atoms with Crippen molar-refractivity contribution in [1.29, 1.82) is 0 Å². The predicted octanol–water partition coefficient (Wildman–Crippen LogP) is 3.34. The minimum absolute atomic E-state index is 0.0234. The Labute approximate surface area is 117 Å². The number of hydrogen-bond acceptors (Lipinski definition) is 2. The van der Waals surface area contributed by atoms with Crippen LogP contribution >= 0.6 is 11.6 Å². The molecule has 0 fully saturated rings. The highest BCUT2D eigenvalue weighted by Crippen LogP contribution is 2.33. The van der Waals surface area contributed by atoms with Gasteiger partial charge in [0.2, 0.25) is 0 Å². The monoisotopic (exact) mass is 303 g/mol. The van der Waals surface area contributed by atoms with Gasteiger partial charge in [-0.1, -0.05) is 11.6 Å². The number of amides is 1. The maximum absolute atomic E-state index is 12.6. The fourth-order valence-electron chi connectivity index (χ4n) is 1.53. The van der Waals surface area contributed by atoms with Crippen molar-refractivity contribution in [1.82, 2.24) is 9.78 Å². The standard InChI is InChI=1S/C12H9ClF3N3O/c1-19-6-7(5-17-19)11(20)18-10-4-8(12(14,15)16)2-3-9(10)13/h2-6H,1H3,(H,18,20). The average Bonchev–Trinajstić information content (AvgIpc) is 2.77. The smallest absolute Gasteiger partial charge is 0.321 e. The van der Waals surface area contributed by atoms with Crippen molar-refractivity contribution in [2.24, 2.45) is 7.05 Å². The lowest BCUT2D eigenvalue weighted by atomic mass is 10.2. The molecule has 0 unspecified atom stereocenters. The molecule has 20 heavy (non-hydrogen) atoms. The molecule has 106 valence electrons. The molecule has 0 atom stereocenters. The van der Waals surface area contributed by atoms with E-state index in [0.717, 1.165) is 18.2 Å².